The maximum absolute atomic E-state index is 4.52. The number of guanidine groups is 1. The van der Waals surface area contributed by atoms with Gasteiger partial charge in [0.25, 0.3) is 0 Å². The van der Waals surface area contributed by atoms with E-state index < -0.39 is 0 Å². The normalized spacial score (nSPS) is 21.2. The molecule has 138 valence electrons. The van der Waals surface area contributed by atoms with Gasteiger partial charge in [0.15, 0.2) is 5.96 Å². The number of aromatic nitrogens is 1. The number of nitrogens with zero attached hydrogens (tertiary/aromatic N) is 3. The van der Waals surface area contributed by atoms with Crippen LogP contribution in [-0.4, -0.2) is 43.0 Å². The Balaban J connectivity index is 0.00000288. The Kier molecular flexibility index (Phi) is 10.2. The summed E-state index contributed by atoms with van der Waals surface area (Å²) in [5.41, 5.74) is 1.13. The highest BCUT2D eigenvalue weighted by molar-refractivity contribution is 14.0. The van der Waals surface area contributed by atoms with E-state index >= 15 is 0 Å². The maximum atomic E-state index is 4.52. The van der Waals surface area contributed by atoms with Gasteiger partial charge in [0.05, 0.1) is 5.01 Å². The minimum atomic E-state index is 0. The maximum Gasteiger partial charge on any atom is 0.193 e. The smallest absolute Gasteiger partial charge is 0.193 e. The van der Waals surface area contributed by atoms with Crippen LogP contribution in [-0.2, 0) is 6.42 Å². The zero-order valence-corrected chi connectivity index (χ0v) is 18.7. The van der Waals surface area contributed by atoms with Gasteiger partial charge < -0.3 is 10.2 Å². The molecule has 0 aliphatic heterocycles. The van der Waals surface area contributed by atoms with E-state index in [1.165, 1.54) is 30.7 Å². The SMILES string of the molecule is CN=C(NCCCc1nc(C)cs1)N(C)CC1CCC(C)CC1.I. The standard InChI is InChI=1S/C18H32N4S.HI/c1-14-7-9-16(10-8-14)12-22(4)18(19-3)20-11-5-6-17-21-15(2)13-23-17;/h13-14,16H,5-12H2,1-4H3,(H,19,20);1H. The zero-order chi connectivity index (χ0) is 16.7. The third-order valence-corrected chi connectivity index (χ3v) is 5.78. The highest BCUT2D eigenvalue weighted by Crippen LogP contribution is 2.28. The van der Waals surface area contributed by atoms with Crippen molar-refractivity contribution in [1.29, 1.82) is 0 Å². The van der Waals surface area contributed by atoms with Gasteiger partial charge in [0.1, 0.15) is 0 Å². The quantitative estimate of drug-likeness (QED) is 0.295. The molecule has 6 heteroatoms. The summed E-state index contributed by atoms with van der Waals surface area (Å²) < 4.78 is 0. The fourth-order valence-electron chi connectivity index (χ4n) is 3.33. The van der Waals surface area contributed by atoms with Crippen molar-refractivity contribution in [3.63, 3.8) is 0 Å². The van der Waals surface area contributed by atoms with Crippen molar-refractivity contribution < 1.29 is 0 Å². The molecular formula is C18H33IN4S. The van der Waals surface area contributed by atoms with Crippen LogP contribution in [0.2, 0.25) is 0 Å². The van der Waals surface area contributed by atoms with Gasteiger partial charge in [-0.2, -0.15) is 0 Å². The number of rotatable bonds is 6. The predicted molar refractivity (Wildman–Crippen MR) is 116 cm³/mol. The van der Waals surface area contributed by atoms with Gasteiger partial charge in [-0.15, -0.1) is 35.3 Å². The molecule has 24 heavy (non-hydrogen) atoms. The summed E-state index contributed by atoms with van der Waals surface area (Å²) in [6.07, 6.45) is 7.65. The van der Waals surface area contributed by atoms with Crippen molar-refractivity contribution in [1.82, 2.24) is 15.2 Å². The lowest BCUT2D eigenvalue weighted by molar-refractivity contribution is 0.250. The molecule has 0 saturated heterocycles. The van der Waals surface area contributed by atoms with E-state index in [0.717, 1.165) is 49.4 Å². The number of hydrogen-bond donors (Lipinski definition) is 1. The molecule has 0 radical (unpaired) electrons. The van der Waals surface area contributed by atoms with Gasteiger partial charge in [0.2, 0.25) is 0 Å². The molecule has 1 heterocycles. The molecule has 1 fully saturated rings. The Hall–Kier alpha value is -0.370. The lowest BCUT2D eigenvalue weighted by atomic mass is 9.83. The number of aliphatic imine (C=N–C) groups is 1. The molecule has 1 aliphatic rings. The van der Waals surface area contributed by atoms with Crippen LogP contribution in [0, 0.1) is 18.8 Å². The number of nitrogens with one attached hydrogen (secondary N) is 1. The predicted octanol–water partition coefficient (Wildman–Crippen LogP) is 4.34. The van der Waals surface area contributed by atoms with Crippen LogP contribution < -0.4 is 5.32 Å². The molecule has 0 atom stereocenters. The van der Waals surface area contributed by atoms with Gasteiger partial charge in [-0.1, -0.05) is 19.8 Å². The molecule has 4 nitrogen and oxygen atoms in total. The number of thiazole rings is 1. The first-order valence-electron chi connectivity index (χ1n) is 8.91. The Morgan fingerprint density at radius 1 is 1.38 bits per heavy atom. The summed E-state index contributed by atoms with van der Waals surface area (Å²) in [5.74, 6) is 2.77. The fraction of sp³-hybridized carbons (Fsp3) is 0.778. The van der Waals surface area contributed by atoms with Crippen LogP contribution in [0.5, 0.6) is 0 Å². The molecule has 1 aromatic rings. The lowest BCUT2D eigenvalue weighted by Gasteiger charge is -2.31. The molecule has 0 spiro atoms. The molecule has 2 rings (SSSR count). The van der Waals surface area contributed by atoms with Gasteiger partial charge in [-0.05, 0) is 38.0 Å². The third-order valence-electron chi connectivity index (χ3n) is 4.76. The molecule has 1 aromatic heterocycles. The first kappa shape index (κ1) is 21.7. The van der Waals surface area contributed by atoms with Crippen molar-refractivity contribution in [2.24, 2.45) is 16.8 Å². The minimum Gasteiger partial charge on any atom is -0.356 e. The van der Waals surface area contributed by atoms with Gasteiger partial charge in [-0.25, -0.2) is 4.98 Å². The second kappa shape index (κ2) is 11.3. The highest BCUT2D eigenvalue weighted by atomic mass is 127. The summed E-state index contributed by atoms with van der Waals surface area (Å²) in [6, 6.07) is 0. The van der Waals surface area contributed by atoms with Crippen LogP contribution in [0.3, 0.4) is 0 Å². The number of aryl methyl sites for hydroxylation is 2. The summed E-state index contributed by atoms with van der Waals surface area (Å²) >= 11 is 1.76. The summed E-state index contributed by atoms with van der Waals surface area (Å²) in [5, 5.41) is 6.86. The van der Waals surface area contributed by atoms with Crippen LogP contribution in [0.4, 0.5) is 0 Å². The number of hydrogen-bond acceptors (Lipinski definition) is 3. The Morgan fingerprint density at radius 2 is 2.08 bits per heavy atom. The van der Waals surface area contributed by atoms with E-state index in [0.29, 0.717) is 0 Å². The van der Waals surface area contributed by atoms with Crippen LogP contribution >= 0.6 is 35.3 Å². The van der Waals surface area contributed by atoms with Crippen molar-refractivity contribution >= 4 is 41.3 Å². The highest BCUT2D eigenvalue weighted by Gasteiger charge is 2.20. The molecular weight excluding hydrogens is 431 g/mol. The van der Waals surface area contributed by atoms with E-state index in [2.05, 4.69) is 46.5 Å². The Bertz CT molecular complexity index is 495. The van der Waals surface area contributed by atoms with Crippen LogP contribution in [0.15, 0.2) is 10.4 Å². The molecule has 0 bridgehead atoms. The van der Waals surface area contributed by atoms with Crippen LogP contribution in [0.25, 0.3) is 0 Å². The van der Waals surface area contributed by atoms with E-state index in [9.17, 15) is 0 Å². The molecule has 0 amide bonds. The van der Waals surface area contributed by atoms with Gasteiger partial charge in [-0.3, -0.25) is 4.99 Å². The van der Waals surface area contributed by atoms with Gasteiger partial charge >= 0.3 is 0 Å². The molecule has 1 N–H and O–H groups in total. The fourth-order valence-corrected chi connectivity index (χ4v) is 4.15. The molecule has 1 aliphatic carbocycles. The van der Waals surface area contributed by atoms with E-state index in [1.807, 2.05) is 7.05 Å². The zero-order valence-electron chi connectivity index (χ0n) is 15.5. The van der Waals surface area contributed by atoms with Crippen LogP contribution in [0.1, 0.15) is 49.7 Å². The van der Waals surface area contributed by atoms with E-state index in [1.54, 1.807) is 11.3 Å². The minimum absolute atomic E-state index is 0. The first-order chi connectivity index (χ1) is 11.1. The largest absolute Gasteiger partial charge is 0.356 e. The topological polar surface area (TPSA) is 40.5 Å². The first-order valence-corrected chi connectivity index (χ1v) is 9.79. The van der Waals surface area contributed by atoms with Crippen molar-refractivity contribution in [2.45, 2.75) is 52.4 Å². The summed E-state index contributed by atoms with van der Waals surface area (Å²) in [4.78, 5) is 11.3. The lowest BCUT2D eigenvalue weighted by Crippen LogP contribution is -2.42. The van der Waals surface area contributed by atoms with Crippen molar-refractivity contribution in [2.75, 3.05) is 27.2 Å². The third kappa shape index (κ3) is 7.25. The molecule has 0 aromatic carbocycles. The van der Waals surface area contributed by atoms with E-state index in [4.69, 9.17) is 0 Å². The Labute approximate surface area is 168 Å². The second-order valence-corrected chi connectivity index (χ2v) is 7.91. The molecule has 0 unspecified atom stereocenters. The van der Waals surface area contributed by atoms with E-state index in [-0.39, 0.29) is 24.0 Å². The molecule has 1 saturated carbocycles. The second-order valence-electron chi connectivity index (χ2n) is 6.97. The average Bonchev–Trinajstić information content (AvgIpc) is 2.95. The average molecular weight is 464 g/mol. The summed E-state index contributed by atoms with van der Waals surface area (Å²) in [6.45, 7) is 6.51. The van der Waals surface area contributed by atoms with Gasteiger partial charge in [0, 0.05) is 44.7 Å². The summed E-state index contributed by atoms with van der Waals surface area (Å²) in [7, 11) is 4.05. The monoisotopic (exact) mass is 464 g/mol. The number of halogens is 1. The van der Waals surface area contributed by atoms with Crippen molar-refractivity contribution in [3.8, 4) is 0 Å². The van der Waals surface area contributed by atoms with Crippen molar-refractivity contribution in [3.05, 3.63) is 16.1 Å². The Morgan fingerprint density at radius 3 is 2.67 bits per heavy atom.